The Balaban J connectivity index is 1.67. The molecule has 2 unspecified atom stereocenters. The second-order valence-corrected chi connectivity index (χ2v) is 8.26. The van der Waals surface area contributed by atoms with Crippen LogP contribution in [0.15, 0.2) is 72.8 Å². The molecule has 0 spiro atoms. The normalized spacial score (nSPS) is 27.6. The maximum Gasteiger partial charge on any atom is 0.319 e. The number of hydrogen-bond acceptors (Lipinski definition) is 3. The summed E-state index contributed by atoms with van der Waals surface area (Å²) in [5.41, 5.74) is 1.26. The van der Waals surface area contributed by atoms with Crippen molar-refractivity contribution in [2.24, 2.45) is 11.8 Å². The summed E-state index contributed by atoms with van der Waals surface area (Å²) < 4.78 is 13.5. The Labute approximate surface area is 176 Å². The van der Waals surface area contributed by atoms with Gasteiger partial charge < -0.3 is 5.11 Å². The molecule has 2 atom stereocenters. The summed E-state index contributed by atoms with van der Waals surface area (Å²) >= 11 is 0. The fourth-order valence-corrected chi connectivity index (χ4v) is 5.98. The molecule has 152 valence electrons. The number of carboxylic acid groups (broad SMARTS) is 1. The molecule has 2 amide bonds. The lowest BCUT2D eigenvalue weighted by Gasteiger charge is -2.51. The Morgan fingerprint density at radius 1 is 0.839 bits per heavy atom. The van der Waals surface area contributed by atoms with E-state index in [1.165, 1.54) is 24.3 Å². The van der Waals surface area contributed by atoms with Crippen molar-refractivity contribution in [3.8, 4) is 0 Å². The highest BCUT2D eigenvalue weighted by Gasteiger charge is 2.71. The van der Waals surface area contributed by atoms with Gasteiger partial charge >= 0.3 is 5.97 Å². The molecule has 7 rings (SSSR count). The number of aliphatic carboxylic acids is 1. The Hall–Kier alpha value is -3.80. The van der Waals surface area contributed by atoms with Crippen LogP contribution in [0.3, 0.4) is 0 Å². The van der Waals surface area contributed by atoms with Crippen LogP contribution < -0.4 is 4.90 Å². The van der Waals surface area contributed by atoms with Gasteiger partial charge in [0.05, 0.1) is 17.5 Å². The first-order chi connectivity index (χ1) is 15.0. The van der Waals surface area contributed by atoms with Crippen molar-refractivity contribution in [2.75, 3.05) is 4.90 Å². The average molecular weight is 413 g/mol. The van der Waals surface area contributed by atoms with Crippen LogP contribution in [0.2, 0.25) is 0 Å². The molecule has 1 heterocycles. The highest BCUT2D eigenvalue weighted by atomic mass is 19.1. The first-order valence-corrected chi connectivity index (χ1v) is 10.0. The maximum absolute atomic E-state index is 13.7. The van der Waals surface area contributed by atoms with E-state index in [1.54, 1.807) is 24.3 Å². The van der Waals surface area contributed by atoms with Crippen LogP contribution in [0.5, 0.6) is 0 Å². The topological polar surface area (TPSA) is 74.7 Å². The van der Waals surface area contributed by atoms with Crippen molar-refractivity contribution >= 4 is 23.5 Å². The third-order valence-corrected chi connectivity index (χ3v) is 7.04. The summed E-state index contributed by atoms with van der Waals surface area (Å²) in [5, 5.41) is 10.6. The van der Waals surface area contributed by atoms with Gasteiger partial charge in [0.25, 0.3) is 0 Å². The van der Waals surface area contributed by atoms with Gasteiger partial charge in [0.15, 0.2) is 0 Å². The number of benzene rings is 3. The minimum absolute atomic E-state index is 0.249. The fraction of sp³-hybridized carbons (Fsp3) is 0.160. The number of halogens is 1. The fourth-order valence-electron chi connectivity index (χ4n) is 5.98. The number of carbonyl (C=O) groups excluding carboxylic acids is 2. The van der Waals surface area contributed by atoms with Gasteiger partial charge in [-0.15, -0.1) is 0 Å². The molecule has 0 aromatic heterocycles. The number of hydrogen-bond donors (Lipinski definition) is 1. The van der Waals surface area contributed by atoms with Crippen LogP contribution in [-0.2, 0) is 19.8 Å². The summed E-state index contributed by atoms with van der Waals surface area (Å²) in [6, 6.07) is 19.5. The van der Waals surface area contributed by atoms with Gasteiger partial charge in [0.2, 0.25) is 11.8 Å². The van der Waals surface area contributed by atoms with Crippen LogP contribution in [0.4, 0.5) is 10.1 Å². The van der Waals surface area contributed by atoms with Crippen molar-refractivity contribution in [3.63, 3.8) is 0 Å². The largest absolute Gasteiger partial charge is 0.480 e. The third-order valence-electron chi connectivity index (χ3n) is 7.04. The average Bonchev–Trinajstić information content (AvgIpc) is 3.05. The lowest BCUT2D eigenvalue weighted by molar-refractivity contribution is -0.149. The molecule has 31 heavy (non-hydrogen) atoms. The van der Waals surface area contributed by atoms with Gasteiger partial charge in [0.1, 0.15) is 11.2 Å². The number of amides is 2. The van der Waals surface area contributed by atoms with E-state index in [0.717, 1.165) is 16.0 Å². The molecule has 4 aliphatic rings. The van der Waals surface area contributed by atoms with Gasteiger partial charge in [-0.1, -0.05) is 48.5 Å². The monoisotopic (exact) mass is 413 g/mol. The van der Waals surface area contributed by atoms with Gasteiger partial charge in [-0.25, -0.2) is 9.29 Å². The molecule has 3 aliphatic carbocycles. The first kappa shape index (κ1) is 18.0. The summed E-state index contributed by atoms with van der Waals surface area (Å²) in [6.07, 6.45) is 0. The van der Waals surface area contributed by atoms with E-state index >= 15 is 0 Å². The summed E-state index contributed by atoms with van der Waals surface area (Å²) in [6.45, 7) is 0. The first-order valence-electron chi connectivity index (χ1n) is 10.0. The minimum atomic E-state index is -1.66. The molecule has 0 radical (unpaired) electrons. The van der Waals surface area contributed by atoms with Crippen LogP contribution in [0, 0.1) is 17.7 Å². The molecule has 3 aromatic rings. The Kier molecular flexibility index (Phi) is 3.41. The lowest BCUT2D eigenvalue weighted by atomic mass is 9.47. The molecule has 1 saturated heterocycles. The van der Waals surface area contributed by atoms with E-state index in [4.69, 9.17) is 0 Å². The highest BCUT2D eigenvalue weighted by Crippen LogP contribution is 2.64. The third kappa shape index (κ3) is 1.97. The van der Waals surface area contributed by atoms with Crippen molar-refractivity contribution < 1.29 is 23.9 Å². The standard InChI is InChI=1S/C25H16FNO4/c26-13-9-11-14(12-10-13)27-22(28)20-19-15-5-1-3-7-17(15)25(24(30)31,21(20)23(27)29)18-8-4-2-6-16(18)19/h1-12,19-21H,(H,30,31). The molecular formula is C25H16FNO4. The van der Waals surface area contributed by atoms with Gasteiger partial charge in [-0.2, -0.15) is 0 Å². The van der Waals surface area contributed by atoms with E-state index in [9.17, 15) is 23.9 Å². The summed E-state index contributed by atoms with van der Waals surface area (Å²) in [4.78, 5) is 41.4. The van der Waals surface area contributed by atoms with E-state index in [2.05, 4.69) is 0 Å². The number of nitrogens with zero attached hydrogens (tertiary/aromatic N) is 1. The number of imide groups is 1. The minimum Gasteiger partial charge on any atom is -0.480 e. The summed E-state index contributed by atoms with van der Waals surface area (Å²) in [7, 11) is 0. The van der Waals surface area contributed by atoms with Crippen LogP contribution in [-0.4, -0.2) is 22.9 Å². The van der Waals surface area contributed by atoms with E-state index in [0.29, 0.717) is 11.1 Å². The van der Waals surface area contributed by atoms with Gasteiger partial charge in [-0.3, -0.25) is 14.4 Å². The molecule has 1 fully saturated rings. The molecular weight excluding hydrogens is 397 g/mol. The van der Waals surface area contributed by atoms with Crippen LogP contribution in [0.25, 0.3) is 0 Å². The predicted octanol–water partition coefficient (Wildman–Crippen LogP) is 3.46. The Bertz CT molecular complexity index is 1250. The van der Waals surface area contributed by atoms with E-state index < -0.39 is 46.8 Å². The molecule has 0 saturated carbocycles. The maximum atomic E-state index is 13.7. The number of carboxylic acids is 1. The van der Waals surface area contributed by atoms with Crippen LogP contribution >= 0.6 is 0 Å². The molecule has 6 heteroatoms. The molecule has 2 bridgehead atoms. The Morgan fingerprint density at radius 2 is 1.39 bits per heavy atom. The van der Waals surface area contributed by atoms with Crippen molar-refractivity contribution in [1.29, 1.82) is 0 Å². The van der Waals surface area contributed by atoms with Crippen LogP contribution in [0.1, 0.15) is 28.2 Å². The predicted molar refractivity (Wildman–Crippen MR) is 109 cm³/mol. The zero-order chi connectivity index (χ0) is 21.5. The number of anilines is 1. The van der Waals surface area contributed by atoms with Gasteiger partial charge in [-0.05, 0) is 46.5 Å². The molecule has 3 aromatic carbocycles. The SMILES string of the molecule is O=C1C2C3c4ccccc4C(C(=O)O)(c4ccccc43)C2C(=O)N1c1ccc(F)cc1. The number of carbonyl (C=O) groups is 3. The molecule has 1 aliphatic heterocycles. The quantitative estimate of drug-likeness (QED) is 0.653. The van der Waals surface area contributed by atoms with Gasteiger partial charge in [0, 0.05) is 5.92 Å². The highest BCUT2D eigenvalue weighted by molar-refractivity contribution is 6.25. The second-order valence-electron chi connectivity index (χ2n) is 8.26. The number of rotatable bonds is 2. The summed E-state index contributed by atoms with van der Waals surface area (Å²) in [5.74, 6) is -4.96. The van der Waals surface area contributed by atoms with Crippen molar-refractivity contribution in [2.45, 2.75) is 11.3 Å². The smallest absolute Gasteiger partial charge is 0.319 e. The van der Waals surface area contributed by atoms with Crippen molar-refractivity contribution in [3.05, 3.63) is 101 Å². The Morgan fingerprint density at radius 3 is 1.94 bits per heavy atom. The lowest BCUT2D eigenvalue weighted by Crippen LogP contribution is -2.57. The second kappa shape index (κ2) is 5.88. The zero-order valence-electron chi connectivity index (χ0n) is 16.2. The van der Waals surface area contributed by atoms with E-state index in [-0.39, 0.29) is 5.69 Å². The molecule has 5 nitrogen and oxygen atoms in total. The molecule has 1 N–H and O–H groups in total. The van der Waals surface area contributed by atoms with Crippen molar-refractivity contribution in [1.82, 2.24) is 0 Å². The van der Waals surface area contributed by atoms with E-state index in [1.807, 2.05) is 24.3 Å². The zero-order valence-corrected chi connectivity index (χ0v) is 16.2.